The van der Waals surface area contributed by atoms with E-state index < -0.39 is 10.0 Å². The second-order valence-electron chi connectivity index (χ2n) is 4.66. The van der Waals surface area contributed by atoms with Crippen molar-refractivity contribution in [1.82, 2.24) is 14.4 Å². The monoisotopic (exact) mass is 345 g/mol. The highest BCUT2D eigenvalue weighted by molar-refractivity contribution is 7.89. The molecule has 2 rings (SSSR count). The quantitative estimate of drug-likeness (QED) is 0.714. The van der Waals surface area contributed by atoms with Gasteiger partial charge >= 0.3 is 6.08 Å². The zero-order chi connectivity index (χ0) is 16.2. The predicted octanol–water partition coefficient (Wildman–Crippen LogP) is 2.05. The summed E-state index contributed by atoms with van der Waals surface area (Å²) in [5.41, 5.74) is 0.637. The fourth-order valence-electron chi connectivity index (χ4n) is 1.60. The lowest BCUT2D eigenvalue weighted by Gasteiger charge is -2.10. The van der Waals surface area contributed by atoms with Gasteiger partial charge in [0.25, 0.3) is 0 Å². The molecule has 9 heteroatoms. The topological polar surface area (TPSA) is 85.5 Å². The Morgan fingerprint density at radius 1 is 1.32 bits per heavy atom. The van der Waals surface area contributed by atoms with E-state index in [0.29, 0.717) is 22.8 Å². The molecule has 0 saturated heterocycles. The number of aromatic nitrogens is 2. The third kappa shape index (κ3) is 4.19. The molecule has 22 heavy (non-hydrogen) atoms. The van der Waals surface area contributed by atoms with Gasteiger partial charge in [-0.2, -0.15) is 4.98 Å². The van der Waals surface area contributed by atoms with Gasteiger partial charge in [0.05, 0.1) is 17.4 Å². The lowest BCUT2D eigenvalue weighted by molar-refractivity contribution is 0.205. The van der Waals surface area contributed by atoms with E-state index in [-0.39, 0.29) is 18.4 Å². The highest BCUT2D eigenvalue weighted by Crippen LogP contribution is 2.26. The Labute approximate surface area is 133 Å². The zero-order valence-electron chi connectivity index (χ0n) is 12.2. The van der Waals surface area contributed by atoms with Crippen molar-refractivity contribution in [2.75, 3.05) is 26.5 Å². The minimum Gasteiger partial charge on any atom is -0.449 e. The number of nitrogens with zero attached hydrogens (tertiary/aromatic N) is 3. The van der Waals surface area contributed by atoms with E-state index in [2.05, 4.69) is 10.1 Å². The molecule has 0 N–H and O–H groups in total. The van der Waals surface area contributed by atoms with Gasteiger partial charge in [0.2, 0.25) is 15.8 Å². The number of hydrogen-bond acceptors (Lipinski definition) is 6. The lowest BCUT2D eigenvalue weighted by Crippen LogP contribution is -2.25. The molecule has 0 bridgehead atoms. The van der Waals surface area contributed by atoms with Crippen molar-refractivity contribution < 1.29 is 17.7 Å². The van der Waals surface area contributed by atoms with Gasteiger partial charge < -0.3 is 4.74 Å². The summed E-state index contributed by atoms with van der Waals surface area (Å²) >= 11 is 6.04. The van der Waals surface area contributed by atoms with E-state index >= 15 is 0 Å². The van der Waals surface area contributed by atoms with E-state index in [0.717, 1.165) is 0 Å². The van der Waals surface area contributed by atoms with Gasteiger partial charge in [0.1, 0.15) is 0 Å². The molecule has 120 valence electrons. The lowest BCUT2D eigenvalue weighted by atomic mass is 10.2. The summed E-state index contributed by atoms with van der Waals surface area (Å²) in [4.78, 5) is 4.07. The molecule has 0 spiro atoms. The highest BCUT2D eigenvalue weighted by atomic mass is 35.5. The third-order valence-electron chi connectivity index (χ3n) is 2.85. The summed E-state index contributed by atoms with van der Waals surface area (Å²) in [6, 6.07) is 7.10. The smallest absolute Gasteiger partial charge is 0.417 e. The Hall–Kier alpha value is -1.64. The van der Waals surface area contributed by atoms with Crippen LogP contribution in [0.1, 0.15) is 6.42 Å². The first-order chi connectivity index (χ1) is 10.4. The summed E-state index contributed by atoms with van der Waals surface area (Å²) in [7, 11) is -0.246. The van der Waals surface area contributed by atoms with Crippen molar-refractivity contribution in [3.8, 4) is 17.5 Å². The summed E-state index contributed by atoms with van der Waals surface area (Å²) in [5.74, 6) is 0.312. The van der Waals surface area contributed by atoms with E-state index in [1.54, 1.807) is 18.2 Å². The Morgan fingerprint density at radius 2 is 2.05 bits per heavy atom. The van der Waals surface area contributed by atoms with Crippen LogP contribution in [0.2, 0.25) is 5.02 Å². The van der Waals surface area contributed by atoms with Crippen LogP contribution in [0.15, 0.2) is 28.8 Å². The maximum absolute atomic E-state index is 11.6. The number of ether oxygens (including phenoxy) is 1. The van der Waals surface area contributed by atoms with Gasteiger partial charge in [-0.3, -0.25) is 4.52 Å². The van der Waals surface area contributed by atoms with E-state index in [4.69, 9.17) is 20.9 Å². The Morgan fingerprint density at radius 3 is 2.73 bits per heavy atom. The Bertz CT molecular complexity index is 730. The number of hydrogen-bond donors (Lipinski definition) is 0. The molecule has 1 heterocycles. The average Bonchev–Trinajstić information content (AvgIpc) is 2.92. The highest BCUT2D eigenvalue weighted by Gasteiger charge is 2.15. The molecule has 0 aliphatic heterocycles. The molecule has 0 atom stereocenters. The number of benzene rings is 1. The normalized spacial score (nSPS) is 11.8. The second-order valence-corrected chi connectivity index (χ2v) is 7.37. The van der Waals surface area contributed by atoms with Crippen molar-refractivity contribution in [2.45, 2.75) is 6.42 Å². The molecule has 0 aliphatic rings. The third-order valence-corrected chi connectivity index (χ3v) is 5.10. The van der Waals surface area contributed by atoms with Crippen LogP contribution in [0.4, 0.5) is 0 Å². The molecule has 0 amide bonds. The molecule has 0 unspecified atom stereocenters. The van der Waals surface area contributed by atoms with Crippen LogP contribution >= 0.6 is 11.6 Å². The summed E-state index contributed by atoms with van der Waals surface area (Å²) < 4.78 is 34.5. The Kier molecular flexibility index (Phi) is 5.38. The minimum absolute atomic E-state index is 0.00842. The Balaban J connectivity index is 1.90. The van der Waals surface area contributed by atoms with Crippen LogP contribution in [-0.2, 0) is 10.0 Å². The minimum atomic E-state index is -3.23. The van der Waals surface area contributed by atoms with Crippen LogP contribution in [0.3, 0.4) is 0 Å². The predicted molar refractivity (Wildman–Crippen MR) is 82.3 cm³/mol. The van der Waals surface area contributed by atoms with E-state index in [9.17, 15) is 8.42 Å². The first kappa shape index (κ1) is 16.7. The van der Waals surface area contributed by atoms with Crippen LogP contribution in [0, 0.1) is 0 Å². The molecule has 1 aromatic heterocycles. The second kappa shape index (κ2) is 7.08. The molecular weight excluding hydrogens is 330 g/mol. The van der Waals surface area contributed by atoms with Crippen molar-refractivity contribution >= 4 is 21.6 Å². The zero-order valence-corrected chi connectivity index (χ0v) is 13.8. The molecule has 7 nitrogen and oxygen atoms in total. The van der Waals surface area contributed by atoms with E-state index in [1.165, 1.54) is 18.4 Å². The van der Waals surface area contributed by atoms with Crippen molar-refractivity contribution in [3.63, 3.8) is 0 Å². The van der Waals surface area contributed by atoms with Gasteiger partial charge in [-0.05, 0) is 18.6 Å². The summed E-state index contributed by atoms with van der Waals surface area (Å²) in [6.45, 7) is 0.164. The van der Waals surface area contributed by atoms with Crippen LogP contribution in [-0.4, -0.2) is 49.3 Å². The number of rotatable bonds is 7. The molecule has 0 aliphatic carbocycles. The molecule has 1 aromatic carbocycles. The standard InChI is InChI=1S/C13H16ClN3O4S/c1-17(2)22(18,19)9-5-8-20-13-15-12(16-21-13)10-6-3-4-7-11(10)14/h3-4,6-7H,5,8-9H2,1-2H3. The van der Waals surface area contributed by atoms with Gasteiger partial charge in [0, 0.05) is 19.7 Å². The van der Waals surface area contributed by atoms with Gasteiger partial charge in [-0.25, -0.2) is 12.7 Å². The summed E-state index contributed by atoms with van der Waals surface area (Å²) in [6.07, 6.45) is 0.307. The van der Waals surface area contributed by atoms with E-state index in [1.807, 2.05) is 6.07 Å². The maximum atomic E-state index is 11.6. The number of sulfonamides is 1. The fourth-order valence-corrected chi connectivity index (χ4v) is 2.67. The van der Waals surface area contributed by atoms with Crippen molar-refractivity contribution in [1.29, 1.82) is 0 Å². The molecule has 0 fully saturated rings. The molecule has 2 aromatic rings. The first-order valence-corrected chi connectivity index (χ1v) is 8.50. The van der Waals surface area contributed by atoms with Crippen molar-refractivity contribution in [3.05, 3.63) is 29.3 Å². The van der Waals surface area contributed by atoms with Gasteiger partial charge in [-0.15, -0.1) is 0 Å². The van der Waals surface area contributed by atoms with Gasteiger partial charge in [-0.1, -0.05) is 28.9 Å². The van der Waals surface area contributed by atoms with Crippen LogP contribution < -0.4 is 4.74 Å². The first-order valence-electron chi connectivity index (χ1n) is 6.52. The van der Waals surface area contributed by atoms with Gasteiger partial charge in [0.15, 0.2) is 0 Å². The molecule has 0 radical (unpaired) electrons. The molecule has 0 saturated carbocycles. The largest absolute Gasteiger partial charge is 0.449 e. The summed E-state index contributed by atoms with van der Waals surface area (Å²) in [5, 5.41) is 4.29. The molecular formula is C13H16ClN3O4S. The maximum Gasteiger partial charge on any atom is 0.417 e. The van der Waals surface area contributed by atoms with Crippen molar-refractivity contribution in [2.24, 2.45) is 0 Å². The SMILES string of the molecule is CN(C)S(=O)(=O)CCCOc1nc(-c2ccccc2Cl)no1. The average molecular weight is 346 g/mol. The van der Waals surface area contributed by atoms with Crippen LogP contribution in [0.25, 0.3) is 11.4 Å². The fraction of sp³-hybridized carbons (Fsp3) is 0.385. The number of halogens is 1. The van der Waals surface area contributed by atoms with Crippen LogP contribution in [0.5, 0.6) is 6.08 Å².